The van der Waals surface area contributed by atoms with Gasteiger partial charge in [0.2, 0.25) is 0 Å². The number of unbranched alkanes of at least 4 members (excludes halogenated alkanes) is 1. The summed E-state index contributed by atoms with van der Waals surface area (Å²) in [5.74, 6) is 1.57. The Balaban J connectivity index is 1.47. The molecule has 0 aliphatic heterocycles. The summed E-state index contributed by atoms with van der Waals surface area (Å²) >= 11 is 0. The minimum atomic E-state index is 0.336. The lowest BCUT2D eigenvalue weighted by molar-refractivity contribution is 0.357. The predicted octanol–water partition coefficient (Wildman–Crippen LogP) is 4.46. The number of nitrogens with zero attached hydrogens (tertiary/aromatic N) is 2. The molecular weight excluding hydrogens is 300 g/mol. The van der Waals surface area contributed by atoms with Gasteiger partial charge in [0.1, 0.15) is 0 Å². The maximum absolute atomic E-state index is 10.7. The molecule has 24 heavy (non-hydrogen) atoms. The van der Waals surface area contributed by atoms with Gasteiger partial charge in [0.15, 0.2) is 11.8 Å². The quantitative estimate of drug-likeness (QED) is 0.797. The van der Waals surface area contributed by atoms with Crippen LogP contribution in [0.3, 0.4) is 0 Å². The Labute approximate surface area is 143 Å². The number of aromatic nitrogens is 2. The van der Waals surface area contributed by atoms with Gasteiger partial charge in [0.25, 0.3) is 0 Å². The Morgan fingerprint density at radius 3 is 2.17 bits per heavy atom. The third kappa shape index (κ3) is 2.68. The van der Waals surface area contributed by atoms with Crippen molar-refractivity contribution < 1.29 is 10.2 Å². The van der Waals surface area contributed by atoms with Crippen LogP contribution in [0.4, 0.5) is 0 Å². The molecule has 128 valence electrons. The fourth-order valence-electron chi connectivity index (χ4n) is 4.68. The summed E-state index contributed by atoms with van der Waals surface area (Å²) in [5, 5.41) is 21.4. The molecule has 4 nitrogen and oxygen atoms in total. The van der Waals surface area contributed by atoms with Gasteiger partial charge in [-0.25, -0.2) is 0 Å². The Morgan fingerprint density at radius 1 is 0.917 bits per heavy atom. The zero-order valence-electron chi connectivity index (χ0n) is 14.1. The lowest BCUT2D eigenvalue weighted by Crippen LogP contribution is -2.08. The second kappa shape index (κ2) is 6.50. The van der Waals surface area contributed by atoms with Crippen molar-refractivity contribution in [3.8, 4) is 11.8 Å². The third-order valence-electron chi connectivity index (χ3n) is 5.92. The molecule has 5 rings (SSSR count). The molecule has 2 aromatic rings. The van der Waals surface area contributed by atoms with Gasteiger partial charge in [-0.1, -0.05) is 6.42 Å². The number of rotatable bonds is 5. The minimum Gasteiger partial charge on any atom is -0.494 e. The van der Waals surface area contributed by atoms with Gasteiger partial charge < -0.3 is 10.2 Å². The van der Waals surface area contributed by atoms with Gasteiger partial charge in [-0.3, -0.25) is 9.55 Å². The Bertz CT molecular complexity index is 669. The molecule has 2 unspecified atom stereocenters. The normalized spacial score (nSPS) is 22.3. The summed E-state index contributed by atoms with van der Waals surface area (Å²) in [6, 6.07) is 4.09. The van der Waals surface area contributed by atoms with Crippen LogP contribution in [0.1, 0.15) is 73.5 Å². The molecule has 0 spiro atoms. The van der Waals surface area contributed by atoms with Crippen molar-refractivity contribution in [3.63, 3.8) is 0 Å². The molecule has 0 saturated heterocycles. The summed E-state index contributed by atoms with van der Waals surface area (Å²) in [6.45, 7) is 0.690. The highest BCUT2D eigenvalue weighted by molar-refractivity contribution is 5.51. The summed E-state index contributed by atoms with van der Waals surface area (Å²) in [5.41, 5.74) is 3.42. The van der Waals surface area contributed by atoms with Crippen molar-refractivity contribution in [2.45, 2.75) is 69.7 Å². The van der Waals surface area contributed by atoms with Crippen LogP contribution in [-0.4, -0.2) is 19.8 Å². The number of pyridine rings is 1. The molecular formula is C20H26N2O2. The Kier molecular flexibility index (Phi) is 4.21. The molecule has 2 heterocycles. The molecule has 0 radical (unpaired) electrons. The predicted molar refractivity (Wildman–Crippen MR) is 93.5 cm³/mol. The lowest BCUT2D eigenvalue weighted by atomic mass is 9.80. The van der Waals surface area contributed by atoms with E-state index in [1.54, 1.807) is 4.57 Å². The standard InChI is InChI=1S/C20H26N2O2/c23-19-17-15-5-3-6-16(8-7-15)18(17)20(24)22(19)13-2-1-4-14-9-11-21-12-10-14/h9-12,15-16,23-24H,1-8,13H2. The maximum Gasteiger partial charge on any atom is 0.197 e. The monoisotopic (exact) mass is 326 g/mol. The van der Waals surface area contributed by atoms with Gasteiger partial charge >= 0.3 is 0 Å². The van der Waals surface area contributed by atoms with Crippen molar-refractivity contribution in [3.05, 3.63) is 41.2 Å². The van der Waals surface area contributed by atoms with Crippen molar-refractivity contribution in [1.29, 1.82) is 0 Å². The summed E-state index contributed by atoms with van der Waals surface area (Å²) in [4.78, 5) is 4.04. The first-order chi connectivity index (χ1) is 11.8. The van der Waals surface area contributed by atoms with Crippen molar-refractivity contribution in [2.75, 3.05) is 0 Å². The zero-order valence-corrected chi connectivity index (χ0v) is 14.1. The highest BCUT2D eigenvalue weighted by atomic mass is 16.3. The third-order valence-corrected chi connectivity index (χ3v) is 5.92. The summed E-state index contributed by atoms with van der Waals surface area (Å²) < 4.78 is 1.76. The van der Waals surface area contributed by atoms with E-state index in [4.69, 9.17) is 0 Å². The average molecular weight is 326 g/mol. The Hall–Kier alpha value is -1.97. The first-order valence-electron chi connectivity index (χ1n) is 9.28. The molecule has 2 aromatic heterocycles. The maximum atomic E-state index is 10.7. The van der Waals surface area contributed by atoms with E-state index in [1.807, 2.05) is 24.5 Å². The number of aromatic hydroxyl groups is 2. The van der Waals surface area contributed by atoms with Crippen molar-refractivity contribution >= 4 is 0 Å². The minimum absolute atomic E-state index is 0.336. The molecule has 2 atom stereocenters. The van der Waals surface area contributed by atoms with Crippen LogP contribution >= 0.6 is 0 Å². The van der Waals surface area contributed by atoms with Gasteiger partial charge in [0.05, 0.1) is 0 Å². The van der Waals surface area contributed by atoms with Crippen LogP contribution in [0.25, 0.3) is 0 Å². The van der Waals surface area contributed by atoms with Crippen molar-refractivity contribution in [2.24, 2.45) is 0 Å². The van der Waals surface area contributed by atoms with E-state index in [-0.39, 0.29) is 0 Å². The average Bonchev–Trinajstić information content (AvgIpc) is 2.83. The molecule has 2 bridgehead atoms. The van der Waals surface area contributed by atoms with Gasteiger partial charge in [0, 0.05) is 30.1 Å². The number of fused-ring (bicyclic) bond motifs is 3. The topological polar surface area (TPSA) is 58.3 Å². The second-order valence-electron chi connectivity index (χ2n) is 7.34. The number of aryl methyl sites for hydroxylation is 1. The Morgan fingerprint density at radius 2 is 1.54 bits per heavy atom. The molecule has 3 aliphatic carbocycles. The zero-order chi connectivity index (χ0) is 16.5. The second-order valence-corrected chi connectivity index (χ2v) is 7.34. The molecule has 1 fully saturated rings. The molecule has 4 heteroatoms. The van der Waals surface area contributed by atoms with Gasteiger partial charge in [-0.05, 0) is 74.5 Å². The molecule has 0 amide bonds. The van der Waals surface area contributed by atoms with E-state index < -0.39 is 0 Å². The van der Waals surface area contributed by atoms with E-state index >= 15 is 0 Å². The molecule has 0 aromatic carbocycles. The number of hydrogen-bond donors (Lipinski definition) is 2. The smallest absolute Gasteiger partial charge is 0.197 e. The molecule has 2 N–H and O–H groups in total. The van der Waals surface area contributed by atoms with Crippen LogP contribution in [-0.2, 0) is 13.0 Å². The van der Waals surface area contributed by atoms with Crippen LogP contribution < -0.4 is 0 Å². The number of hydrogen-bond acceptors (Lipinski definition) is 3. The SMILES string of the molecule is Oc1c2c(c(O)n1CCCCc1ccncc1)C1CCCC2CC1. The highest BCUT2D eigenvalue weighted by Gasteiger charge is 2.38. The first-order valence-corrected chi connectivity index (χ1v) is 9.28. The lowest BCUT2D eigenvalue weighted by Gasteiger charge is -2.23. The highest BCUT2D eigenvalue weighted by Crippen LogP contribution is 2.54. The van der Waals surface area contributed by atoms with E-state index in [1.165, 1.54) is 12.0 Å². The molecule has 1 saturated carbocycles. The van der Waals surface area contributed by atoms with E-state index in [2.05, 4.69) is 4.98 Å². The fourth-order valence-corrected chi connectivity index (χ4v) is 4.68. The summed E-state index contributed by atoms with van der Waals surface area (Å²) in [6.07, 6.45) is 12.5. The van der Waals surface area contributed by atoms with Crippen LogP contribution in [0.5, 0.6) is 11.8 Å². The van der Waals surface area contributed by atoms with Crippen LogP contribution in [0, 0.1) is 0 Å². The van der Waals surface area contributed by atoms with Gasteiger partial charge in [-0.15, -0.1) is 0 Å². The van der Waals surface area contributed by atoms with Crippen LogP contribution in [0.2, 0.25) is 0 Å². The van der Waals surface area contributed by atoms with Crippen LogP contribution in [0.15, 0.2) is 24.5 Å². The first kappa shape index (κ1) is 15.6. The van der Waals surface area contributed by atoms with E-state index in [0.29, 0.717) is 30.1 Å². The van der Waals surface area contributed by atoms with Gasteiger partial charge in [-0.2, -0.15) is 0 Å². The largest absolute Gasteiger partial charge is 0.494 e. The molecule has 3 aliphatic rings. The van der Waals surface area contributed by atoms with E-state index in [9.17, 15) is 10.2 Å². The van der Waals surface area contributed by atoms with Crippen molar-refractivity contribution in [1.82, 2.24) is 9.55 Å². The fraction of sp³-hybridized carbons (Fsp3) is 0.550. The summed E-state index contributed by atoms with van der Waals surface area (Å²) in [7, 11) is 0. The van der Waals surface area contributed by atoms with E-state index in [0.717, 1.165) is 56.1 Å².